The van der Waals surface area contributed by atoms with Gasteiger partial charge >= 0.3 is 6.09 Å². The molecule has 0 unspecified atom stereocenters. The Morgan fingerprint density at radius 3 is 2.68 bits per heavy atom. The van der Waals surface area contributed by atoms with E-state index >= 15 is 0 Å². The van der Waals surface area contributed by atoms with Crippen LogP contribution in [-0.2, 0) is 17.7 Å². The Morgan fingerprint density at radius 1 is 1.37 bits per heavy atom. The van der Waals surface area contributed by atoms with Gasteiger partial charge in [-0.3, -0.25) is 0 Å². The maximum atomic E-state index is 12.0. The van der Waals surface area contributed by atoms with E-state index in [-0.39, 0.29) is 6.09 Å². The van der Waals surface area contributed by atoms with Crippen molar-refractivity contribution >= 4 is 11.9 Å². The highest BCUT2D eigenvalue weighted by Gasteiger charge is 2.27. The molecule has 19 heavy (non-hydrogen) atoms. The molecule has 2 N–H and O–H groups in total. The highest BCUT2D eigenvalue weighted by Crippen LogP contribution is 2.23. The fourth-order valence-electron chi connectivity index (χ4n) is 2.05. The topological polar surface area (TPSA) is 81.3 Å². The van der Waals surface area contributed by atoms with E-state index in [2.05, 4.69) is 9.97 Å². The molecule has 0 saturated carbocycles. The van der Waals surface area contributed by atoms with Crippen molar-refractivity contribution in [2.45, 2.75) is 46.3 Å². The average molecular weight is 264 g/mol. The Balaban J connectivity index is 2.16. The number of hydrogen-bond donors (Lipinski definition) is 1. The maximum Gasteiger partial charge on any atom is 0.410 e. The third kappa shape index (κ3) is 3.13. The van der Waals surface area contributed by atoms with Crippen LogP contribution in [0.1, 0.15) is 37.9 Å². The number of nitrogens with zero attached hydrogens (tertiary/aromatic N) is 3. The fraction of sp³-hybridized carbons (Fsp3) is 0.615. The van der Waals surface area contributed by atoms with Crippen molar-refractivity contribution in [3.63, 3.8) is 0 Å². The number of hydrogen-bond acceptors (Lipinski definition) is 5. The molecule has 6 nitrogen and oxygen atoms in total. The van der Waals surface area contributed by atoms with Crippen LogP contribution < -0.4 is 5.73 Å². The fourth-order valence-corrected chi connectivity index (χ4v) is 2.05. The van der Waals surface area contributed by atoms with E-state index in [0.717, 1.165) is 11.3 Å². The molecule has 1 aliphatic heterocycles. The summed E-state index contributed by atoms with van der Waals surface area (Å²) in [6, 6.07) is 0. The van der Waals surface area contributed by atoms with Gasteiger partial charge in [0.15, 0.2) is 0 Å². The van der Waals surface area contributed by atoms with Gasteiger partial charge < -0.3 is 15.4 Å². The average Bonchev–Trinajstić information content (AvgIpc) is 2.25. The quantitative estimate of drug-likeness (QED) is 0.770. The Hall–Kier alpha value is -1.85. The lowest BCUT2D eigenvalue weighted by Gasteiger charge is -2.31. The van der Waals surface area contributed by atoms with Crippen LogP contribution in [0, 0.1) is 6.92 Å². The number of fused-ring (bicyclic) bond motifs is 1. The summed E-state index contributed by atoms with van der Waals surface area (Å²) in [7, 11) is 0. The Labute approximate surface area is 113 Å². The van der Waals surface area contributed by atoms with E-state index in [1.165, 1.54) is 0 Å². The first kappa shape index (κ1) is 13.6. The van der Waals surface area contributed by atoms with E-state index in [1.54, 1.807) is 4.90 Å². The van der Waals surface area contributed by atoms with Crippen molar-refractivity contribution in [3.8, 4) is 0 Å². The number of aryl methyl sites for hydroxylation is 1. The van der Waals surface area contributed by atoms with E-state index in [1.807, 2.05) is 27.7 Å². The molecule has 0 fully saturated rings. The van der Waals surface area contributed by atoms with E-state index in [0.29, 0.717) is 31.2 Å². The minimum absolute atomic E-state index is 0.321. The van der Waals surface area contributed by atoms with Gasteiger partial charge in [-0.15, -0.1) is 0 Å². The largest absolute Gasteiger partial charge is 0.444 e. The maximum absolute atomic E-state index is 12.0. The molecule has 104 valence electrons. The summed E-state index contributed by atoms with van der Waals surface area (Å²) in [5.74, 6) is 1.12. The molecule has 0 aromatic carbocycles. The van der Waals surface area contributed by atoms with Gasteiger partial charge in [0.1, 0.15) is 17.2 Å². The molecule has 0 spiro atoms. The molecule has 2 rings (SSSR count). The lowest BCUT2D eigenvalue weighted by Crippen LogP contribution is -2.40. The second kappa shape index (κ2) is 4.68. The predicted molar refractivity (Wildman–Crippen MR) is 71.5 cm³/mol. The van der Waals surface area contributed by atoms with E-state index in [9.17, 15) is 4.79 Å². The van der Waals surface area contributed by atoms with Crippen LogP contribution in [0.3, 0.4) is 0 Å². The van der Waals surface area contributed by atoms with Crippen molar-refractivity contribution in [1.29, 1.82) is 0 Å². The summed E-state index contributed by atoms with van der Waals surface area (Å²) in [6.07, 6.45) is 0.361. The zero-order valence-corrected chi connectivity index (χ0v) is 11.9. The SMILES string of the molecule is Cc1nc(N)c2c(n1)CCN(C(=O)OC(C)(C)C)C2. The van der Waals surface area contributed by atoms with Crippen LogP contribution in [0.2, 0.25) is 0 Å². The van der Waals surface area contributed by atoms with Crippen LogP contribution in [0.4, 0.5) is 10.6 Å². The van der Waals surface area contributed by atoms with Crippen molar-refractivity contribution < 1.29 is 9.53 Å². The molecule has 0 radical (unpaired) electrons. The lowest BCUT2D eigenvalue weighted by atomic mass is 10.1. The number of aromatic nitrogens is 2. The summed E-state index contributed by atoms with van der Waals surface area (Å²) >= 11 is 0. The third-order valence-electron chi connectivity index (χ3n) is 2.86. The highest BCUT2D eigenvalue weighted by molar-refractivity contribution is 5.69. The lowest BCUT2D eigenvalue weighted by molar-refractivity contribution is 0.0223. The Morgan fingerprint density at radius 2 is 2.05 bits per heavy atom. The number of ether oxygens (including phenoxy) is 1. The predicted octanol–water partition coefficient (Wildman–Crippen LogP) is 1.66. The summed E-state index contributed by atoms with van der Waals surface area (Å²) in [5, 5.41) is 0. The molecular formula is C13H20N4O2. The zero-order chi connectivity index (χ0) is 14.2. The van der Waals surface area contributed by atoms with Crippen molar-refractivity contribution in [2.75, 3.05) is 12.3 Å². The number of carbonyl (C=O) groups excluding carboxylic acids is 1. The second-order valence-corrected chi connectivity index (χ2v) is 5.73. The zero-order valence-electron chi connectivity index (χ0n) is 11.9. The molecule has 0 atom stereocenters. The second-order valence-electron chi connectivity index (χ2n) is 5.73. The number of nitrogen functional groups attached to an aromatic ring is 1. The third-order valence-corrected chi connectivity index (χ3v) is 2.86. The number of nitrogens with two attached hydrogens (primary N) is 1. The number of anilines is 1. The molecule has 0 bridgehead atoms. The summed E-state index contributed by atoms with van der Waals surface area (Å²) < 4.78 is 5.36. The number of rotatable bonds is 0. The molecule has 1 aliphatic rings. The normalized spacial score (nSPS) is 15.1. The van der Waals surface area contributed by atoms with Gasteiger partial charge in [0.25, 0.3) is 0 Å². The van der Waals surface area contributed by atoms with Gasteiger partial charge in [-0.1, -0.05) is 0 Å². The van der Waals surface area contributed by atoms with Crippen LogP contribution in [-0.4, -0.2) is 33.1 Å². The molecule has 1 aromatic heterocycles. The Bertz CT molecular complexity index is 508. The molecule has 0 saturated heterocycles. The van der Waals surface area contributed by atoms with E-state index in [4.69, 9.17) is 10.5 Å². The summed E-state index contributed by atoms with van der Waals surface area (Å²) in [5.41, 5.74) is 7.18. The van der Waals surface area contributed by atoms with Crippen molar-refractivity contribution in [3.05, 3.63) is 17.1 Å². The number of amides is 1. The standard InChI is InChI=1S/C13H20N4O2/c1-8-15-10-5-6-17(7-9(10)11(14)16-8)12(18)19-13(2,3)4/h5-7H2,1-4H3,(H2,14,15,16). The first-order chi connectivity index (χ1) is 8.76. The van der Waals surface area contributed by atoms with Gasteiger partial charge in [-0.2, -0.15) is 0 Å². The van der Waals surface area contributed by atoms with Gasteiger partial charge in [0, 0.05) is 18.5 Å². The summed E-state index contributed by atoms with van der Waals surface area (Å²) in [4.78, 5) is 22.2. The van der Waals surface area contributed by atoms with Gasteiger partial charge in [-0.05, 0) is 27.7 Å². The van der Waals surface area contributed by atoms with Crippen molar-refractivity contribution in [1.82, 2.24) is 14.9 Å². The van der Waals surface area contributed by atoms with Crippen LogP contribution in [0.15, 0.2) is 0 Å². The summed E-state index contributed by atoms with van der Waals surface area (Å²) in [6.45, 7) is 8.38. The first-order valence-corrected chi connectivity index (χ1v) is 6.36. The number of carbonyl (C=O) groups is 1. The van der Waals surface area contributed by atoms with E-state index < -0.39 is 5.60 Å². The highest BCUT2D eigenvalue weighted by atomic mass is 16.6. The minimum Gasteiger partial charge on any atom is -0.444 e. The Kier molecular flexibility index (Phi) is 3.34. The molecule has 6 heteroatoms. The minimum atomic E-state index is -0.493. The monoisotopic (exact) mass is 264 g/mol. The van der Waals surface area contributed by atoms with Crippen molar-refractivity contribution in [2.24, 2.45) is 0 Å². The molecule has 1 aromatic rings. The smallest absolute Gasteiger partial charge is 0.410 e. The van der Waals surface area contributed by atoms with Crippen LogP contribution in [0.25, 0.3) is 0 Å². The van der Waals surface area contributed by atoms with Gasteiger partial charge in [0.2, 0.25) is 0 Å². The molecule has 2 heterocycles. The molecule has 0 aliphatic carbocycles. The van der Waals surface area contributed by atoms with Gasteiger partial charge in [-0.25, -0.2) is 14.8 Å². The molecular weight excluding hydrogens is 244 g/mol. The van der Waals surface area contributed by atoms with Crippen LogP contribution in [0.5, 0.6) is 0 Å². The van der Waals surface area contributed by atoms with Gasteiger partial charge in [0.05, 0.1) is 12.2 Å². The first-order valence-electron chi connectivity index (χ1n) is 6.36. The van der Waals surface area contributed by atoms with Crippen LogP contribution >= 0.6 is 0 Å². The molecule has 1 amide bonds.